The molecule has 0 bridgehead atoms. The summed E-state index contributed by atoms with van der Waals surface area (Å²) in [6, 6.07) is 8.19. The van der Waals surface area contributed by atoms with Crippen LogP contribution >= 0.6 is 0 Å². The van der Waals surface area contributed by atoms with Crippen LogP contribution < -0.4 is 10.6 Å². The molecule has 2 aliphatic heterocycles. The SMILES string of the molecule is C1=CN(CN2CCOCC2)C=c2ccccc2=N1. The van der Waals surface area contributed by atoms with Crippen LogP contribution in [0.15, 0.2) is 41.7 Å². The Morgan fingerprint density at radius 2 is 2.00 bits per heavy atom. The summed E-state index contributed by atoms with van der Waals surface area (Å²) in [6.07, 6.45) is 6.04. The zero-order valence-corrected chi connectivity index (χ0v) is 10.3. The van der Waals surface area contributed by atoms with Gasteiger partial charge in [0.25, 0.3) is 0 Å². The Bertz CT molecular complexity index is 546. The second-order valence-corrected chi connectivity index (χ2v) is 4.50. The molecular formula is C14H17N3O. The van der Waals surface area contributed by atoms with Gasteiger partial charge in [-0.2, -0.15) is 0 Å². The number of benzene rings is 1. The number of ether oxygens (including phenoxy) is 1. The van der Waals surface area contributed by atoms with Crippen molar-refractivity contribution in [1.82, 2.24) is 9.80 Å². The van der Waals surface area contributed by atoms with Crippen LogP contribution in [0.2, 0.25) is 0 Å². The van der Waals surface area contributed by atoms with Crippen molar-refractivity contribution in [3.8, 4) is 0 Å². The second kappa shape index (κ2) is 5.33. The van der Waals surface area contributed by atoms with E-state index in [4.69, 9.17) is 4.74 Å². The highest BCUT2D eigenvalue weighted by Gasteiger charge is 2.11. The Morgan fingerprint density at radius 1 is 1.17 bits per heavy atom. The van der Waals surface area contributed by atoms with Crippen LogP contribution in [-0.4, -0.2) is 42.8 Å². The number of rotatable bonds is 2. The largest absolute Gasteiger partial charge is 0.379 e. The molecule has 0 unspecified atom stereocenters. The van der Waals surface area contributed by atoms with Crippen molar-refractivity contribution in [2.45, 2.75) is 0 Å². The summed E-state index contributed by atoms with van der Waals surface area (Å²) in [6.45, 7) is 4.55. The molecule has 1 fully saturated rings. The first-order valence-electron chi connectivity index (χ1n) is 6.29. The van der Waals surface area contributed by atoms with Gasteiger partial charge in [-0.1, -0.05) is 18.2 Å². The lowest BCUT2D eigenvalue weighted by Crippen LogP contribution is -2.41. The molecule has 2 heterocycles. The van der Waals surface area contributed by atoms with Crippen LogP contribution in [0.5, 0.6) is 0 Å². The lowest BCUT2D eigenvalue weighted by Gasteiger charge is -2.30. The molecule has 4 heteroatoms. The minimum absolute atomic E-state index is 0.832. The number of fused-ring (bicyclic) bond motifs is 1. The molecule has 94 valence electrons. The number of morpholine rings is 1. The van der Waals surface area contributed by atoms with E-state index in [0.717, 1.165) is 43.5 Å². The molecule has 4 nitrogen and oxygen atoms in total. The van der Waals surface area contributed by atoms with Crippen molar-refractivity contribution in [3.05, 3.63) is 47.2 Å². The molecular weight excluding hydrogens is 226 g/mol. The van der Waals surface area contributed by atoms with Gasteiger partial charge in [0.15, 0.2) is 0 Å². The van der Waals surface area contributed by atoms with E-state index in [2.05, 4.69) is 27.1 Å². The van der Waals surface area contributed by atoms with Crippen molar-refractivity contribution < 1.29 is 4.74 Å². The molecule has 18 heavy (non-hydrogen) atoms. The van der Waals surface area contributed by atoms with E-state index in [9.17, 15) is 0 Å². The molecule has 0 radical (unpaired) electrons. The standard InChI is InChI=1S/C14H17N3O/c1-2-4-14-13(3-1)11-17(6-5-15-14)12-16-7-9-18-10-8-16/h1-6,11H,7-10,12H2. The molecule has 1 saturated heterocycles. The lowest BCUT2D eigenvalue weighted by atomic mass is 10.3. The molecule has 0 saturated carbocycles. The summed E-state index contributed by atoms with van der Waals surface area (Å²) < 4.78 is 5.36. The molecule has 0 spiro atoms. The number of nitrogens with zero attached hydrogens (tertiary/aromatic N) is 3. The van der Waals surface area contributed by atoms with E-state index in [1.54, 1.807) is 0 Å². The van der Waals surface area contributed by atoms with Gasteiger partial charge in [-0.15, -0.1) is 0 Å². The van der Waals surface area contributed by atoms with Crippen molar-refractivity contribution in [3.63, 3.8) is 0 Å². The monoisotopic (exact) mass is 243 g/mol. The van der Waals surface area contributed by atoms with Gasteiger partial charge in [-0.05, 0) is 6.07 Å². The summed E-state index contributed by atoms with van der Waals surface area (Å²) in [5.41, 5.74) is 0. The zero-order valence-electron chi connectivity index (χ0n) is 10.3. The third kappa shape index (κ3) is 2.60. The molecule has 3 rings (SSSR count). The summed E-state index contributed by atoms with van der Waals surface area (Å²) in [7, 11) is 0. The summed E-state index contributed by atoms with van der Waals surface area (Å²) >= 11 is 0. The Hall–Kier alpha value is -1.65. The topological polar surface area (TPSA) is 28.1 Å². The fourth-order valence-corrected chi connectivity index (χ4v) is 2.20. The van der Waals surface area contributed by atoms with Gasteiger partial charge in [-0.3, -0.25) is 9.89 Å². The smallest absolute Gasteiger partial charge is 0.0747 e. The van der Waals surface area contributed by atoms with Crippen LogP contribution in [0.4, 0.5) is 0 Å². The van der Waals surface area contributed by atoms with E-state index in [1.807, 2.05) is 30.6 Å². The van der Waals surface area contributed by atoms with E-state index in [1.165, 1.54) is 0 Å². The third-order valence-electron chi connectivity index (χ3n) is 3.18. The van der Waals surface area contributed by atoms with Crippen LogP contribution in [0.3, 0.4) is 0 Å². The van der Waals surface area contributed by atoms with E-state index in [0.29, 0.717) is 0 Å². The number of hydrogen-bond donors (Lipinski definition) is 0. The Kier molecular flexibility index (Phi) is 3.39. The average Bonchev–Trinajstić information content (AvgIpc) is 2.61. The maximum atomic E-state index is 5.36. The first-order chi connectivity index (χ1) is 8.92. The van der Waals surface area contributed by atoms with Gasteiger partial charge in [-0.25, -0.2) is 0 Å². The first-order valence-corrected chi connectivity index (χ1v) is 6.29. The molecule has 0 N–H and O–H groups in total. The maximum Gasteiger partial charge on any atom is 0.0747 e. The van der Waals surface area contributed by atoms with Gasteiger partial charge in [0, 0.05) is 36.9 Å². The molecule has 0 amide bonds. The van der Waals surface area contributed by atoms with Crippen molar-refractivity contribution in [2.24, 2.45) is 4.99 Å². The van der Waals surface area contributed by atoms with Gasteiger partial charge >= 0.3 is 0 Å². The summed E-state index contributed by atoms with van der Waals surface area (Å²) in [5.74, 6) is 0. The fraction of sp³-hybridized carbons (Fsp3) is 0.357. The van der Waals surface area contributed by atoms with Crippen LogP contribution in [0, 0.1) is 0 Å². The zero-order chi connectivity index (χ0) is 12.2. The molecule has 0 atom stereocenters. The summed E-state index contributed by atoms with van der Waals surface area (Å²) in [4.78, 5) is 9.00. The van der Waals surface area contributed by atoms with E-state index in [-0.39, 0.29) is 0 Å². The quantitative estimate of drug-likeness (QED) is 0.738. The lowest BCUT2D eigenvalue weighted by molar-refractivity contribution is 0.0258. The van der Waals surface area contributed by atoms with Gasteiger partial charge in [0.05, 0.1) is 25.2 Å². The predicted octanol–water partition coefficient (Wildman–Crippen LogP) is 0.121. The Labute approximate surface area is 106 Å². The number of hydrogen-bond acceptors (Lipinski definition) is 4. The fourth-order valence-electron chi connectivity index (χ4n) is 2.20. The second-order valence-electron chi connectivity index (χ2n) is 4.50. The van der Waals surface area contributed by atoms with Gasteiger partial charge < -0.3 is 9.64 Å². The van der Waals surface area contributed by atoms with Crippen LogP contribution in [0.1, 0.15) is 0 Å². The first kappa shape index (κ1) is 11.4. The summed E-state index contributed by atoms with van der Waals surface area (Å²) in [5, 5.41) is 2.19. The van der Waals surface area contributed by atoms with E-state index < -0.39 is 0 Å². The van der Waals surface area contributed by atoms with Crippen molar-refractivity contribution >= 4 is 6.20 Å². The van der Waals surface area contributed by atoms with Gasteiger partial charge in [0.1, 0.15) is 0 Å². The highest BCUT2D eigenvalue weighted by molar-refractivity contribution is 5.25. The molecule has 1 aromatic carbocycles. The molecule has 1 aromatic rings. The van der Waals surface area contributed by atoms with Crippen LogP contribution in [0.25, 0.3) is 6.20 Å². The minimum Gasteiger partial charge on any atom is -0.379 e. The van der Waals surface area contributed by atoms with Crippen molar-refractivity contribution in [2.75, 3.05) is 33.0 Å². The third-order valence-corrected chi connectivity index (χ3v) is 3.18. The Morgan fingerprint density at radius 3 is 2.89 bits per heavy atom. The van der Waals surface area contributed by atoms with Crippen molar-refractivity contribution in [1.29, 1.82) is 0 Å². The molecule has 0 aromatic heterocycles. The minimum atomic E-state index is 0.832. The average molecular weight is 243 g/mol. The van der Waals surface area contributed by atoms with E-state index >= 15 is 0 Å². The van der Waals surface area contributed by atoms with Crippen LogP contribution in [-0.2, 0) is 4.74 Å². The highest BCUT2D eigenvalue weighted by Crippen LogP contribution is 2.01. The van der Waals surface area contributed by atoms with Gasteiger partial charge in [0.2, 0.25) is 0 Å². The number of para-hydroxylation sites is 1. The molecule has 2 aliphatic rings. The predicted molar refractivity (Wildman–Crippen MR) is 69.9 cm³/mol. The normalized spacial score (nSPS) is 19.7. The highest BCUT2D eigenvalue weighted by atomic mass is 16.5. The maximum absolute atomic E-state index is 5.36. The molecule has 0 aliphatic carbocycles. The Balaban J connectivity index is 1.79.